The molecule has 0 bridgehead atoms. The van der Waals surface area contributed by atoms with Crippen molar-refractivity contribution in [2.75, 3.05) is 0 Å². The van der Waals surface area contributed by atoms with Crippen LogP contribution < -0.4 is 10.1 Å². The molecule has 6 heteroatoms. The van der Waals surface area contributed by atoms with Crippen LogP contribution in [0.5, 0.6) is 5.75 Å². The topological polar surface area (TPSA) is 21.3 Å². The van der Waals surface area contributed by atoms with E-state index in [0.717, 1.165) is 5.56 Å². The average molecular weight is 434 g/mol. The summed E-state index contributed by atoms with van der Waals surface area (Å²) < 4.78 is 19.8. The number of halogens is 3. The second-order valence-electron chi connectivity index (χ2n) is 6.30. The molecule has 0 amide bonds. The standard InChI is InChI=1S/C22H18Cl2FNOS/c1-14-5-7-15(8-6-14)12-26-22(28)17-11-16(23)9-10-21(17)27-13-18-19(24)3-2-4-20(18)25/h2-11H,12-13H2,1H3,(H,26,28). The molecule has 0 saturated carbocycles. The van der Waals surface area contributed by atoms with E-state index >= 15 is 0 Å². The molecule has 0 heterocycles. The fourth-order valence-corrected chi connectivity index (χ4v) is 3.23. The van der Waals surface area contributed by atoms with Gasteiger partial charge in [0.1, 0.15) is 23.2 Å². The maximum Gasteiger partial charge on any atom is 0.131 e. The number of hydrogen-bond donors (Lipinski definition) is 1. The van der Waals surface area contributed by atoms with Crippen molar-refractivity contribution >= 4 is 40.4 Å². The Balaban J connectivity index is 1.74. The van der Waals surface area contributed by atoms with Gasteiger partial charge in [-0.1, -0.05) is 71.3 Å². The van der Waals surface area contributed by atoms with Crippen molar-refractivity contribution < 1.29 is 9.13 Å². The van der Waals surface area contributed by atoms with Crippen LogP contribution in [0.25, 0.3) is 0 Å². The molecule has 3 rings (SSSR count). The normalized spacial score (nSPS) is 10.6. The summed E-state index contributed by atoms with van der Waals surface area (Å²) >= 11 is 17.7. The predicted molar refractivity (Wildman–Crippen MR) is 117 cm³/mol. The van der Waals surface area contributed by atoms with Crippen LogP contribution in [0.2, 0.25) is 10.0 Å². The van der Waals surface area contributed by atoms with Crippen LogP contribution in [0, 0.1) is 12.7 Å². The maximum absolute atomic E-state index is 14.0. The monoisotopic (exact) mass is 433 g/mol. The highest BCUT2D eigenvalue weighted by Gasteiger charge is 2.13. The molecule has 0 spiro atoms. The number of benzene rings is 3. The summed E-state index contributed by atoms with van der Waals surface area (Å²) in [6.45, 7) is 2.60. The van der Waals surface area contributed by atoms with Crippen LogP contribution >= 0.6 is 35.4 Å². The van der Waals surface area contributed by atoms with Crippen molar-refractivity contribution in [3.8, 4) is 5.75 Å². The summed E-state index contributed by atoms with van der Waals surface area (Å²) in [4.78, 5) is 0.498. The van der Waals surface area contributed by atoms with Gasteiger partial charge in [0.05, 0.1) is 10.6 Å². The SMILES string of the molecule is Cc1ccc(CNC(=S)c2cc(Cl)ccc2OCc2c(F)cccc2Cl)cc1. The summed E-state index contributed by atoms with van der Waals surface area (Å²) in [6, 6.07) is 17.8. The second kappa shape index (κ2) is 9.37. The first-order valence-electron chi connectivity index (χ1n) is 8.63. The molecule has 0 aromatic heterocycles. The number of nitrogens with one attached hydrogen (secondary N) is 1. The van der Waals surface area contributed by atoms with E-state index in [1.54, 1.807) is 30.3 Å². The zero-order valence-corrected chi connectivity index (χ0v) is 17.5. The van der Waals surface area contributed by atoms with E-state index in [1.807, 2.05) is 31.2 Å². The lowest BCUT2D eigenvalue weighted by Crippen LogP contribution is -2.22. The van der Waals surface area contributed by atoms with Crippen LogP contribution in [0.1, 0.15) is 22.3 Å². The Morgan fingerprint density at radius 2 is 1.82 bits per heavy atom. The Morgan fingerprint density at radius 3 is 2.54 bits per heavy atom. The lowest BCUT2D eigenvalue weighted by Gasteiger charge is -2.15. The predicted octanol–water partition coefficient (Wildman–Crippen LogP) is 6.49. The average Bonchev–Trinajstić information content (AvgIpc) is 2.68. The van der Waals surface area contributed by atoms with E-state index in [2.05, 4.69) is 5.32 Å². The first-order valence-corrected chi connectivity index (χ1v) is 9.79. The van der Waals surface area contributed by atoms with E-state index < -0.39 is 5.82 Å². The maximum atomic E-state index is 14.0. The van der Waals surface area contributed by atoms with Crippen molar-refractivity contribution in [1.82, 2.24) is 5.32 Å². The molecular weight excluding hydrogens is 416 g/mol. The van der Waals surface area contributed by atoms with Crippen LogP contribution in [0.4, 0.5) is 4.39 Å². The number of hydrogen-bond acceptors (Lipinski definition) is 2. The molecule has 0 radical (unpaired) electrons. The Bertz CT molecular complexity index is 972. The molecule has 2 nitrogen and oxygen atoms in total. The minimum absolute atomic E-state index is 0.0132. The van der Waals surface area contributed by atoms with Gasteiger partial charge in [0.25, 0.3) is 0 Å². The first kappa shape index (κ1) is 20.6. The fraction of sp³-hybridized carbons (Fsp3) is 0.136. The number of ether oxygens (including phenoxy) is 1. The van der Waals surface area contributed by atoms with E-state index in [4.69, 9.17) is 40.2 Å². The van der Waals surface area contributed by atoms with Crippen molar-refractivity contribution in [3.63, 3.8) is 0 Å². The molecule has 28 heavy (non-hydrogen) atoms. The number of thiocarbonyl (C=S) groups is 1. The van der Waals surface area contributed by atoms with Crippen LogP contribution in [0.3, 0.4) is 0 Å². The Morgan fingerprint density at radius 1 is 1.07 bits per heavy atom. The molecule has 0 aliphatic heterocycles. The molecule has 3 aromatic rings. The fourth-order valence-electron chi connectivity index (χ4n) is 2.61. The molecule has 0 aliphatic rings. The second-order valence-corrected chi connectivity index (χ2v) is 7.55. The van der Waals surface area contributed by atoms with Gasteiger partial charge in [-0.05, 0) is 42.8 Å². The molecule has 0 fully saturated rings. The summed E-state index contributed by atoms with van der Waals surface area (Å²) in [7, 11) is 0. The molecular formula is C22H18Cl2FNOS. The van der Waals surface area contributed by atoms with Crippen LogP contribution in [-0.2, 0) is 13.2 Å². The number of aryl methyl sites for hydroxylation is 1. The molecule has 144 valence electrons. The summed E-state index contributed by atoms with van der Waals surface area (Å²) in [5.41, 5.74) is 3.24. The van der Waals surface area contributed by atoms with E-state index in [-0.39, 0.29) is 6.61 Å². The molecule has 0 unspecified atom stereocenters. The Labute approximate surface area is 179 Å². The van der Waals surface area contributed by atoms with Crippen LogP contribution in [0.15, 0.2) is 60.7 Å². The Kier molecular flexibility index (Phi) is 6.89. The minimum atomic E-state index is -0.414. The summed E-state index contributed by atoms with van der Waals surface area (Å²) in [6.07, 6.45) is 0. The molecule has 1 N–H and O–H groups in total. The quantitative estimate of drug-likeness (QED) is 0.449. The van der Waals surface area contributed by atoms with Crippen molar-refractivity contribution in [1.29, 1.82) is 0 Å². The van der Waals surface area contributed by atoms with Gasteiger partial charge in [-0.3, -0.25) is 0 Å². The van der Waals surface area contributed by atoms with Gasteiger partial charge in [0, 0.05) is 17.1 Å². The van der Waals surface area contributed by atoms with Gasteiger partial charge < -0.3 is 10.1 Å². The highest BCUT2D eigenvalue weighted by atomic mass is 35.5. The van der Waals surface area contributed by atoms with Gasteiger partial charge in [0.2, 0.25) is 0 Å². The molecule has 3 aromatic carbocycles. The zero-order chi connectivity index (χ0) is 20.1. The highest BCUT2D eigenvalue weighted by molar-refractivity contribution is 7.80. The third kappa shape index (κ3) is 5.22. The number of rotatable bonds is 6. The summed E-state index contributed by atoms with van der Waals surface area (Å²) in [5.74, 6) is 0.0909. The minimum Gasteiger partial charge on any atom is -0.488 e. The van der Waals surface area contributed by atoms with Crippen molar-refractivity contribution in [2.24, 2.45) is 0 Å². The molecule has 0 saturated heterocycles. The van der Waals surface area contributed by atoms with Crippen LogP contribution in [-0.4, -0.2) is 4.99 Å². The highest BCUT2D eigenvalue weighted by Crippen LogP contribution is 2.26. The zero-order valence-electron chi connectivity index (χ0n) is 15.1. The lowest BCUT2D eigenvalue weighted by atomic mass is 10.1. The van der Waals surface area contributed by atoms with E-state index in [0.29, 0.717) is 38.5 Å². The largest absolute Gasteiger partial charge is 0.488 e. The molecule has 0 aliphatic carbocycles. The van der Waals surface area contributed by atoms with Gasteiger partial charge in [-0.15, -0.1) is 0 Å². The summed E-state index contributed by atoms with van der Waals surface area (Å²) in [5, 5.41) is 4.06. The van der Waals surface area contributed by atoms with Crippen molar-refractivity contribution in [2.45, 2.75) is 20.1 Å². The van der Waals surface area contributed by atoms with Gasteiger partial charge >= 0.3 is 0 Å². The van der Waals surface area contributed by atoms with Gasteiger partial charge in [-0.25, -0.2) is 4.39 Å². The van der Waals surface area contributed by atoms with Gasteiger partial charge in [-0.2, -0.15) is 0 Å². The Hall–Kier alpha value is -2.14. The van der Waals surface area contributed by atoms with E-state index in [9.17, 15) is 4.39 Å². The van der Waals surface area contributed by atoms with Crippen molar-refractivity contribution in [3.05, 3.63) is 98.8 Å². The third-order valence-corrected chi connectivity index (χ3v) is 5.15. The molecule has 0 atom stereocenters. The first-order chi connectivity index (χ1) is 13.4. The third-order valence-electron chi connectivity index (χ3n) is 4.19. The lowest BCUT2D eigenvalue weighted by molar-refractivity contribution is 0.299. The van der Waals surface area contributed by atoms with Gasteiger partial charge in [0.15, 0.2) is 0 Å². The smallest absolute Gasteiger partial charge is 0.131 e. The van der Waals surface area contributed by atoms with E-state index in [1.165, 1.54) is 11.6 Å².